The second-order valence-corrected chi connectivity index (χ2v) is 6.66. The normalized spacial score (nSPS) is 10.8. The molecule has 0 saturated heterocycles. The molecule has 1 aromatic carbocycles. The van der Waals surface area contributed by atoms with Crippen molar-refractivity contribution in [2.75, 3.05) is 17.7 Å². The van der Waals surface area contributed by atoms with Crippen molar-refractivity contribution in [3.8, 4) is 5.75 Å². The Kier molecular flexibility index (Phi) is 5.19. The van der Waals surface area contributed by atoms with Crippen LogP contribution in [0, 0.1) is 0 Å². The van der Waals surface area contributed by atoms with Gasteiger partial charge in [0.05, 0.1) is 12.3 Å². The van der Waals surface area contributed by atoms with E-state index in [0.717, 1.165) is 34.5 Å². The SMILES string of the molecule is CCCc1ccc2c(N)c(C(=O)Nc3ccc(OCC)cc3)sc2n1. The highest BCUT2D eigenvalue weighted by Gasteiger charge is 2.17. The summed E-state index contributed by atoms with van der Waals surface area (Å²) in [5, 5.41) is 3.71. The molecule has 0 aliphatic rings. The molecule has 3 rings (SSSR count). The number of pyridine rings is 1. The van der Waals surface area contributed by atoms with Crippen LogP contribution in [0.5, 0.6) is 5.75 Å². The van der Waals surface area contributed by atoms with Gasteiger partial charge in [0.15, 0.2) is 0 Å². The Balaban J connectivity index is 1.82. The standard InChI is InChI=1S/C19H21N3O2S/c1-3-5-12-8-11-15-16(20)17(25-19(15)22-12)18(23)21-13-6-9-14(10-7-13)24-4-2/h6-11H,3-5,20H2,1-2H3,(H,21,23). The molecule has 0 atom stereocenters. The zero-order chi connectivity index (χ0) is 17.8. The fourth-order valence-corrected chi connectivity index (χ4v) is 3.60. The van der Waals surface area contributed by atoms with Gasteiger partial charge in [-0.25, -0.2) is 4.98 Å². The molecule has 5 nitrogen and oxygen atoms in total. The van der Waals surface area contributed by atoms with E-state index in [4.69, 9.17) is 10.5 Å². The summed E-state index contributed by atoms with van der Waals surface area (Å²) < 4.78 is 5.40. The van der Waals surface area contributed by atoms with Gasteiger partial charge in [-0.1, -0.05) is 13.3 Å². The molecule has 2 aromatic heterocycles. The number of nitrogen functional groups attached to an aromatic ring is 1. The Morgan fingerprint density at radius 2 is 1.96 bits per heavy atom. The van der Waals surface area contributed by atoms with Gasteiger partial charge in [0, 0.05) is 16.8 Å². The summed E-state index contributed by atoms with van der Waals surface area (Å²) in [7, 11) is 0. The van der Waals surface area contributed by atoms with E-state index in [1.54, 1.807) is 0 Å². The molecule has 6 heteroatoms. The van der Waals surface area contributed by atoms with Crippen LogP contribution in [0.2, 0.25) is 0 Å². The van der Waals surface area contributed by atoms with Crippen LogP contribution in [0.4, 0.5) is 11.4 Å². The summed E-state index contributed by atoms with van der Waals surface area (Å²) in [6.45, 7) is 4.65. The minimum absolute atomic E-state index is 0.221. The van der Waals surface area contributed by atoms with Crippen molar-refractivity contribution < 1.29 is 9.53 Å². The smallest absolute Gasteiger partial charge is 0.267 e. The summed E-state index contributed by atoms with van der Waals surface area (Å²) in [6.07, 6.45) is 1.95. The van der Waals surface area contributed by atoms with Crippen molar-refractivity contribution >= 4 is 38.8 Å². The van der Waals surface area contributed by atoms with E-state index in [-0.39, 0.29) is 5.91 Å². The fourth-order valence-electron chi connectivity index (χ4n) is 2.59. The first-order chi connectivity index (χ1) is 12.1. The second kappa shape index (κ2) is 7.53. The van der Waals surface area contributed by atoms with Gasteiger partial charge >= 0.3 is 0 Å². The minimum atomic E-state index is -0.221. The number of amides is 1. The third-order valence-corrected chi connectivity index (χ3v) is 4.90. The molecule has 3 aromatic rings. The summed E-state index contributed by atoms with van der Waals surface area (Å²) in [5.74, 6) is 0.552. The maximum Gasteiger partial charge on any atom is 0.267 e. The summed E-state index contributed by atoms with van der Waals surface area (Å²) in [4.78, 5) is 18.5. The molecule has 0 radical (unpaired) electrons. The highest BCUT2D eigenvalue weighted by Crippen LogP contribution is 2.33. The topological polar surface area (TPSA) is 77.2 Å². The van der Waals surface area contributed by atoms with Gasteiger partial charge in [-0.2, -0.15) is 0 Å². The molecule has 3 N–H and O–H groups in total. The summed E-state index contributed by atoms with van der Waals surface area (Å²) >= 11 is 1.33. The van der Waals surface area contributed by atoms with Crippen molar-refractivity contribution in [3.05, 3.63) is 47.0 Å². The quantitative estimate of drug-likeness (QED) is 0.683. The first-order valence-electron chi connectivity index (χ1n) is 8.34. The van der Waals surface area contributed by atoms with Crippen molar-refractivity contribution in [3.63, 3.8) is 0 Å². The third-order valence-electron chi connectivity index (χ3n) is 3.79. The van der Waals surface area contributed by atoms with E-state index in [1.165, 1.54) is 11.3 Å². The zero-order valence-corrected chi connectivity index (χ0v) is 15.2. The van der Waals surface area contributed by atoms with Gasteiger partial charge in [0.2, 0.25) is 0 Å². The first-order valence-corrected chi connectivity index (χ1v) is 9.16. The van der Waals surface area contributed by atoms with Crippen LogP contribution in [0.25, 0.3) is 10.2 Å². The van der Waals surface area contributed by atoms with Crippen LogP contribution < -0.4 is 15.8 Å². The molecular formula is C19H21N3O2S. The lowest BCUT2D eigenvalue weighted by atomic mass is 10.2. The number of hydrogen-bond donors (Lipinski definition) is 2. The first kappa shape index (κ1) is 17.2. The minimum Gasteiger partial charge on any atom is -0.494 e. The predicted molar refractivity (Wildman–Crippen MR) is 104 cm³/mol. The number of ether oxygens (including phenoxy) is 1. The Bertz CT molecular complexity index is 888. The average molecular weight is 355 g/mol. The van der Waals surface area contributed by atoms with Crippen molar-refractivity contribution in [2.45, 2.75) is 26.7 Å². The average Bonchev–Trinajstić information content (AvgIpc) is 2.94. The molecule has 0 aliphatic carbocycles. The number of aryl methyl sites for hydroxylation is 1. The van der Waals surface area contributed by atoms with Gasteiger partial charge in [0.25, 0.3) is 5.91 Å². The number of nitrogens with one attached hydrogen (secondary N) is 1. The predicted octanol–water partition coefficient (Wildman–Crippen LogP) is 4.48. The Morgan fingerprint density at radius 3 is 2.64 bits per heavy atom. The van der Waals surface area contributed by atoms with Crippen LogP contribution in [0.1, 0.15) is 35.6 Å². The molecule has 1 amide bonds. The molecule has 25 heavy (non-hydrogen) atoms. The summed E-state index contributed by atoms with van der Waals surface area (Å²) in [5.41, 5.74) is 8.38. The van der Waals surface area contributed by atoms with E-state index in [1.807, 2.05) is 43.3 Å². The monoisotopic (exact) mass is 355 g/mol. The molecule has 0 fully saturated rings. The van der Waals surface area contributed by atoms with Gasteiger partial charge in [0.1, 0.15) is 15.5 Å². The number of benzene rings is 1. The van der Waals surface area contributed by atoms with Crippen LogP contribution in [0.3, 0.4) is 0 Å². The molecule has 0 saturated carbocycles. The van der Waals surface area contributed by atoms with E-state index in [0.29, 0.717) is 22.9 Å². The van der Waals surface area contributed by atoms with Gasteiger partial charge in [-0.05, 0) is 49.7 Å². The lowest BCUT2D eigenvalue weighted by molar-refractivity contribution is 0.103. The molecule has 0 aliphatic heterocycles. The Morgan fingerprint density at radius 1 is 1.20 bits per heavy atom. The number of fused-ring (bicyclic) bond motifs is 1. The molecule has 0 bridgehead atoms. The molecule has 0 unspecified atom stereocenters. The second-order valence-electron chi connectivity index (χ2n) is 5.66. The van der Waals surface area contributed by atoms with Crippen LogP contribution in [0.15, 0.2) is 36.4 Å². The number of aromatic nitrogens is 1. The van der Waals surface area contributed by atoms with Crippen molar-refractivity contribution in [2.24, 2.45) is 0 Å². The molecule has 0 spiro atoms. The highest BCUT2D eigenvalue weighted by atomic mass is 32.1. The van der Waals surface area contributed by atoms with E-state index >= 15 is 0 Å². The van der Waals surface area contributed by atoms with Crippen LogP contribution in [-0.2, 0) is 6.42 Å². The number of rotatable bonds is 6. The highest BCUT2D eigenvalue weighted by molar-refractivity contribution is 7.21. The van der Waals surface area contributed by atoms with E-state index in [9.17, 15) is 4.79 Å². The number of carbonyl (C=O) groups excluding carboxylic acids is 1. The maximum atomic E-state index is 12.6. The Labute approximate surface area is 150 Å². The lowest BCUT2D eigenvalue weighted by Gasteiger charge is -2.06. The van der Waals surface area contributed by atoms with E-state index in [2.05, 4.69) is 17.2 Å². The number of hydrogen-bond acceptors (Lipinski definition) is 5. The third kappa shape index (κ3) is 3.74. The fraction of sp³-hybridized carbons (Fsp3) is 0.263. The van der Waals surface area contributed by atoms with Crippen LogP contribution >= 0.6 is 11.3 Å². The number of thiophene rings is 1. The maximum absolute atomic E-state index is 12.6. The van der Waals surface area contributed by atoms with E-state index < -0.39 is 0 Å². The summed E-state index contributed by atoms with van der Waals surface area (Å²) in [6, 6.07) is 11.2. The lowest BCUT2D eigenvalue weighted by Crippen LogP contribution is -2.11. The van der Waals surface area contributed by atoms with Gasteiger partial charge < -0.3 is 15.8 Å². The number of nitrogens with two attached hydrogens (primary N) is 1. The molecular weight excluding hydrogens is 334 g/mol. The van der Waals surface area contributed by atoms with Crippen molar-refractivity contribution in [1.82, 2.24) is 4.98 Å². The number of anilines is 2. The number of nitrogens with zero attached hydrogens (tertiary/aromatic N) is 1. The molecule has 2 heterocycles. The largest absolute Gasteiger partial charge is 0.494 e. The Hall–Kier alpha value is -2.60. The van der Waals surface area contributed by atoms with Gasteiger partial charge in [-0.15, -0.1) is 11.3 Å². The number of carbonyl (C=O) groups is 1. The van der Waals surface area contributed by atoms with Gasteiger partial charge in [-0.3, -0.25) is 4.79 Å². The zero-order valence-electron chi connectivity index (χ0n) is 14.3. The van der Waals surface area contributed by atoms with Crippen molar-refractivity contribution in [1.29, 1.82) is 0 Å². The molecule has 130 valence electrons. The van der Waals surface area contributed by atoms with Crippen LogP contribution in [-0.4, -0.2) is 17.5 Å².